The minimum absolute atomic E-state index is 0.218. The second-order valence-corrected chi connectivity index (χ2v) is 7.58. The Hall–Kier alpha value is -2.76. The van der Waals surface area contributed by atoms with Crippen molar-refractivity contribution in [2.75, 3.05) is 29.6 Å². The Morgan fingerprint density at radius 2 is 2.03 bits per heavy atom. The van der Waals surface area contributed by atoms with E-state index >= 15 is 0 Å². The molecule has 168 valence electrons. The zero-order chi connectivity index (χ0) is 22.3. The fraction of sp³-hybridized carbons (Fsp3) is 0.526. The van der Waals surface area contributed by atoms with E-state index < -0.39 is 36.0 Å². The molecule has 2 unspecified atom stereocenters. The van der Waals surface area contributed by atoms with Crippen molar-refractivity contribution in [2.45, 2.75) is 44.7 Å². The van der Waals surface area contributed by atoms with Gasteiger partial charge in [-0.25, -0.2) is 4.98 Å². The van der Waals surface area contributed by atoms with Crippen LogP contribution in [0.4, 0.5) is 33.7 Å². The van der Waals surface area contributed by atoms with Crippen LogP contribution in [0.3, 0.4) is 0 Å². The molecule has 31 heavy (non-hydrogen) atoms. The normalized spacial score (nSPS) is 21.9. The van der Waals surface area contributed by atoms with E-state index in [0.717, 1.165) is 21.7 Å². The number of fused-ring (bicyclic) bond motifs is 1. The number of rotatable bonds is 3. The molecular formula is C19H20F5N5O2. The highest BCUT2D eigenvalue weighted by Crippen LogP contribution is 2.36. The molecule has 0 aromatic carbocycles. The molecule has 2 aromatic rings. The molecule has 1 fully saturated rings. The summed E-state index contributed by atoms with van der Waals surface area (Å²) in [5, 5.41) is 0. The van der Waals surface area contributed by atoms with Gasteiger partial charge >= 0.3 is 6.18 Å². The van der Waals surface area contributed by atoms with Gasteiger partial charge in [-0.05, 0) is 31.0 Å². The monoisotopic (exact) mass is 445 g/mol. The van der Waals surface area contributed by atoms with Crippen molar-refractivity contribution >= 4 is 11.8 Å². The molecule has 0 N–H and O–H groups in total. The number of pyridine rings is 1. The topological polar surface area (TPSA) is 63.5 Å². The van der Waals surface area contributed by atoms with Crippen molar-refractivity contribution < 1.29 is 26.7 Å². The van der Waals surface area contributed by atoms with Crippen molar-refractivity contribution in [1.82, 2.24) is 14.5 Å². The summed E-state index contributed by atoms with van der Waals surface area (Å²) >= 11 is 0. The first kappa shape index (κ1) is 21.5. The fourth-order valence-corrected chi connectivity index (χ4v) is 3.97. The number of alkyl halides is 3. The Bertz CT molecular complexity index is 1030. The first-order valence-electron chi connectivity index (χ1n) is 9.75. The molecule has 0 bridgehead atoms. The Balaban J connectivity index is 1.83. The molecule has 2 atom stereocenters. The summed E-state index contributed by atoms with van der Waals surface area (Å²) in [7, 11) is 0. The van der Waals surface area contributed by atoms with Crippen LogP contribution in [0.5, 0.6) is 0 Å². The molecule has 0 spiro atoms. The summed E-state index contributed by atoms with van der Waals surface area (Å²) in [6, 6.07) is 0.111. The van der Waals surface area contributed by atoms with Crippen LogP contribution in [0, 0.1) is 11.8 Å². The lowest BCUT2D eigenvalue weighted by molar-refractivity contribution is -0.153. The highest BCUT2D eigenvalue weighted by atomic mass is 19.4. The second-order valence-electron chi connectivity index (χ2n) is 7.58. The summed E-state index contributed by atoms with van der Waals surface area (Å²) in [5.74, 6) is -2.56. The van der Waals surface area contributed by atoms with E-state index in [-0.39, 0.29) is 56.2 Å². The number of hydrogen-bond donors (Lipinski definition) is 0. The number of morpholine rings is 1. The zero-order valence-electron chi connectivity index (χ0n) is 16.6. The maximum Gasteiger partial charge on any atom is 0.408 e. The van der Waals surface area contributed by atoms with Gasteiger partial charge < -0.3 is 14.5 Å². The molecular weight excluding hydrogens is 425 g/mol. The van der Waals surface area contributed by atoms with Gasteiger partial charge in [0.05, 0.1) is 19.3 Å². The molecule has 1 saturated heterocycles. The van der Waals surface area contributed by atoms with E-state index in [4.69, 9.17) is 4.74 Å². The molecule has 2 aliphatic heterocycles. The quantitative estimate of drug-likeness (QED) is 0.535. The Kier molecular flexibility index (Phi) is 5.58. The van der Waals surface area contributed by atoms with E-state index in [1.807, 2.05) is 0 Å². The average Bonchev–Trinajstić information content (AvgIpc) is 2.71. The molecule has 2 aromatic heterocycles. The lowest BCUT2D eigenvalue weighted by Crippen LogP contribution is -2.53. The minimum atomic E-state index is -4.63. The number of ether oxygens (including phenoxy) is 1. The van der Waals surface area contributed by atoms with Gasteiger partial charge in [-0.2, -0.15) is 26.9 Å². The van der Waals surface area contributed by atoms with E-state index in [2.05, 4.69) is 9.97 Å². The second kappa shape index (κ2) is 8.06. The molecule has 2 aliphatic rings. The third kappa shape index (κ3) is 4.08. The molecule has 7 nitrogen and oxygen atoms in total. The smallest absolute Gasteiger partial charge is 0.377 e. The number of anilines is 2. The molecule has 12 heteroatoms. The highest BCUT2D eigenvalue weighted by Gasteiger charge is 2.47. The van der Waals surface area contributed by atoms with E-state index in [0.29, 0.717) is 0 Å². The third-order valence-electron chi connectivity index (χ3n) is 5.50. The van der Waals surface area contributed by atoms with Crippen LogP contribution in [-0.4, -0.2) is 52.6 Å². The van der Waals surface area contributed by atoms with Gasteiger partial charge in [0.15, 0.2) is 5.82 Å². The number of halogens is 5. The van der Waals surface area contributed by atoms with Crippen LogP contribution < -0.4 is 15.4 Å². The first-order valence-corrected chi connectivity index (χ1v) is 9.75. The van der Waals surface area contributed by atoms with Crippen molar-refractivity contribution in [1.29, 1.82) is 0 Å². The third-order valence-corrected chi connectivity index (χ3v) is 5.50. The summed E-state index contributed by atoms with van der Waals surface area (Å²) in [6.45, 7) is 1.82. The summed E-state index contributed by atoms with van der Waals surface area (Å²) in [6.07, 6.45) is -3.95. The predicted molar refractivity (Wildman–Crippen MR) is 101 cm³/mol. The van der Waals surface area contributed by atoms with Gasteiger partial charge in [0.1, 0.15) is 6.04 Å². The molecule has 4 rings (SSSR count). The van der Waals surface area contributed by atoms with Crippen LogP contribution in [0.1, 0.15) is 18.9 Å². The Labute approximate surface area is 174 Å². The summed E-state index contributed by atoms with van der Waals surface area (Å²) < 4.78 is 76.1. The largest absolute Gasteiger partial charge is 0.408 e. The first-order chi connectivity index (χ1) is 14.7. The van der Waals surface area contributed by atoms with Crippen LogP contribution in [0.15, 0.2) is 23.1 Å². The van der Waals surface area contributed by atoms with Crippen molar-refractivity contribution in [3.63, 3.8) is 0 Å². The zero-order valence-corrected chi connectivity index (χ0v) is 16.6. The Morgan fingerprint density at radius 1 is 1.26 bits per heavy atom. The van der Waals surface area contributed by atoms with Gasteiger partial charge in [0, 0.05) is 25.8 Å². The Morgan fingerprint density at radius 3 is 2.71 bits per heavy atom. The molecule has 0 amide bonds. The maximum absolute atomic E-state index is 14.9. The standard InChI is InChI=1S/C19H20F5N5O2/c1-11-10-31-7-6-27(11)16-15(21)17(30)28-5-3-13(19(22,23)24)29(18(28)26-16)9-12-2-4-25-14(20)8-12/h2,4,8,11,13H,3,5-7,9-10H2,1H3. The molecule has 0 saturated carbocycles. The summed E-state index contributed by atoms with van der Waals surface area (Å²) in [5.41, 5.74) is -0.819. The predicted octanol–water partition coefficient (Wildman–Crippen LogP) is 2.48. The molecule has 4 heterocycles. The number of hydrogen-bond acceptors (Lipinski definition) is 6. The summed E-state index contributed by atoms with van der Waals surface area (Å²) in [4.78, 5) is 22.7. The maximum atomic E-state index is 14.9. The van der Waals surface area contributed by atoms with Crippen LogP contribution in [0.25, 0.3) is 0 Å². The SMILES string of the molecule is CC1COCCN1c1nc2n(c(=O)c1F)CCC(C(F)(F)F)N2Cc1ccnc(F)c1. The fourth-order valence-electron chi connectivity index (χ4n) is 3.97. The van der Waals surface area contributed by atoms with Gasteiger partial charge in [-0.15, -0.1) is 0 Å². The van der Waals surface area contributed by atoms with Gasteiger partial charge in [-0.1, -0.05) is 0 Å². The number of nitrogens with zero attached hydrogens (tertiary/aromatic N) is 5. The van der Waals surface area contributed by atoms with E-state index in [1.54, 1.807) is 6.92 Å². The van der Waals surface area contributed by atoms with E-state index in [9.17, 15) is 26.7 Å². The van der Waals surface area contributed by atoms with Gasteiger partial charge in [0.2, 0.25) is 17.7 Å². The minimum Gasteiger partial charge on any atom is -0.377 e. The van der Waals surface area contributed by atoms with Crippen molar-refractivity contribution in [2.24, 2.45) is 0 Å². The molecule has 0 aliphatic carbocycles. The lowest BCUT2D eigenvalue weighted by atomic mass is 10.1. The van der Waals surface area contributed by atoms with Crippen molar-refractivity contribution in [3.8, 4) is 0 Å². The van der Waals surface area contributed by atoms with Gasteiger partial charge in [-0.3, -0.25) is 9.36 Å². The van der Waals surface area contributed by atoms with E-state index in [1.165, 1.54) is 11.0 Å². The molecule has 0 radical (unpaired) electrons. The van der Waals surface area contributed by atoms with Crippen molar-refractivity contribution in [3.05, 3.63) is 46.0 Å². The highest BCUT2D eigenvalue weighted by molar-refractivity contribution is 5.49. The van der Waals surface area contributed by atoms with Crippen LogP contribution in [0.2, 0.25) is 0 Å². The van der Waals surface area contributed by atoms with Crippen LogP contribution in [-0.2, 0) is 17.8 Å². The van der Waals surface area contributed by atoms with Crippen LogP contribution >= 0.6 is 0 Å². The number of aromatic nitrogens is 3. The van der Waals surface area contributed by atoms with Gasteiger partial charge in [0.25, 0.3) is 5.56 Å². The average molecular weight is 445 g/mol. The lowest BCUT2D eigenvalue weighted by Gasteiger charge is -2.40.